The highest BCUT2D eigenvalue weighted by atomic mass is 79.9. The summed E-state index contributed by atoms with van der Waals surface area (Å²) in [5, 5.41) is 19.9. The average Bonchev–Trinajstić information content (AvgIpc) is 2.17. The molecule has 0 fully saturated rings. The maximum Gasteiger partial charge on any atom is 0.213 e. The molecule has 0 amide bonds. The van der Waals surface area contributed by atoms with Crippen molar-refractivity contribution in [3.63, 3.8) is 0 Å². The molecule has 15 heavy (non-hydrogen) atoms. The summed E-state index contributed by atoms with van der Waals surface area (Å²) >= 11 is 3.17. The molecule has 1 aromatic heterocycles. The number of aryl methyl sites for hydroxylation is 1. The first-order valence-corrected chi connectivity index (χ1v) is 5.73. The third kappa shape index (κ3) is 3.22. The molecule has 1 heterocycles. The van der Waals surface area contributed by atoms with E-state index in [0.717, 1.165) is 0 Å². The van der Waals surface area contributed by atoms with Crippen molar-refractivity contribution >= 4 is 15.9 Å². The fourth-order valence-corrected chi connectivity index (χ4v) is 1.80. The highest BCUT2D eigenvalue weighted by molar-refractivity contribution is 9.09. The summed E-state index contributed by atoms with van der Waals surface area (Å²) in [6, 6.07) is 2.62. The third-order valence-electron chi connectivity index (χ3n) is 2.18. The van der Waals surface area contributed by atoms with Crippen LogP contribution in [-0.4, -0.2) is 26.6 Å². The zero-order valence-electron chi connectivity index (χ0n) is 8.32. The van der Waals surface area contributed by atoms with E-state index in [0.29, 0.717) is 23.0 Å². The Morgan fingerprint density at radius 2 is 2.13 bits per heavy atom. The Balaban J connectivity index is 2.86. The van der Waals surface area contributed by atoms with Gasteiger partial charge in [-0.1, -0.05) is 15.9 Å². The number of aliphatic hydroxyl groups is 2. The van der Waals surface area contributed by atoms with E-state index in [2.05, 4.69) is 20.9 Å². The number of halogens is 2. The van der Waals surface area contributed by atoms with E-state index in [9.17, 15) is 14.6 Å². The maximum atomic E-state index is 12.7. The molecule has 5 heteroatoms. The van der Waals surface area contributed by atoms with Gasteiger partial charge in [0, 0.05) is 16.6 Å². The number of rotatable bonds is 4. The Morgan fingerprint density at radius 1 is 1.47 bits per heavy atom. The molecule has 84 valence electrons. The minimum atomic E-state index is -1.02. The van der Waals surface area contributed by atoms with Crippen molar-refractivity contribution < 1.29 is 14.6 Å². The Kier molecular flexibility index (Phi) is 4.63. The first-order valence-electron chi connectivity index (χ1n) is 4.61. The molecule has 0 radical (unpaired) electrons. The topological polar surface area (TPSA) is 53.4 Å². The lowest BCUT2D eigenvalue weighted by molar-refractivity contribution is 0.0167. The first-order chi connectivity index (χ1) is 7.06. The molecule has 0 aliphatic carbocycles. The van der Waals surface area contributed by atoms with Gasteiger partial charge in [-0.05, 0) is 25.5 Å². The largest absolute Gasteiger partial charge is 0.390 e. The molecule has 0 saturated heterocycles. The van der Waals surface area contributed by atoms with Crippen molar-refractivity contribution in [3.8, 4) is 0 Å². The summed E-state index contributed by atoms with van der Waals surface area (Å²) in [7, 11) is 0. The van der Waals surface area contributed by atoms with Gasteiger partial charge >= 0.3 is 0 Å². The Labute approximate surface area is 96.1 Å². The number of hydrogen-bond donors (Lipinski definition) is 2. The van der Waals surface area contributed by atoms with Crippen LogP contribution in [-0.2, 0) is 0 Å². The van der Waals surface area contributed by atoms with Crippen LogP contribution < -0.4 is 0 Å². The summed E-state index contributed by atoms with van der Waals surface area (Å²) in [5.74, 6) is -0.585. The quantitative estimate of drug-likeness (QED) is 0.651. The standard InChI is InChI=1S/C10H13BrFNO2/c1-6-7(2-3-9(12)13-6)10(15)8(14)4-5-11/h2-3,8,10,14-15H,4-5H2,1H3. The van der Waals surface area contributed by atoms with E-state index in [-0.39, 0.29) is 0 Å². The lowest BCUT2D eigenvalue weighted by Gasteiger charge is -2.18. The molecule has 0 aliphatic heterocycles. The second-order valence-corrected chi connectivity index (χ2v) is 4.09. The minimum absolute atomic E-state index is 0.399. The summed E-state index contributed by atoms with van der Waals surface area (Å²) in [6.45, 7) is 1.60. The molecule has 2 unspecified atom stereocenters. The number of aliphatic hydroxyl groups excluding tert-OH is 2. The molecule has 0 bridgehead atoms. The summed E-state index contributed by atoms with van der Waals surface area (Å²) in [4.78, 5) is 3.59. The molecule has 3 nitrogen and oxygen atoms in total. The SMILES string of the molecule is Cc1nc(F)ccc1C(O)C(O)CCBr. The van der Waals surface area contributed by atoms with Crippen LogP contribution in [0, 0.1) is 12.9 Å². The summed E-state index contributed by atoms with van der Waals surface area (Å²) < 4.78 is 12.7. The molecule has 0 spiro atoms. The lowest BCUT2D eigenvalue weighted by Crippen LogP contribution is -2.20. The van der Waals surface area contributed by atoms with Gasteiger partial charge in [-0.2, -0.15) is 4.39 Å². The molecule has 0 saturated carbocycles. The van der Waals surface area contributed by atoms with Crippen molar-refractivity contribution in [1.29, 1.82) is 0 Å². The van der Waals surface area contributed by atoms with Crippen LogP contribution in [0.4, 0.5) is 4.39 Å². The van der Waals surface area contributed by atoms with Crippen LogP contribution in [0.3, 0.4) is 0 Å². The van der Waals surface area contributed by atoms with Gasteiger partial charge in [0.25, 0.3) is 0 Å². The predicted molar refractivity (Wildman–Crippen MR) is 58.3 cm³/mol. The van der Waals surface area contributed by atoms with Gasteiger partial charge in [0.2, 0.25) is 5.95 Å². The Bertz CT molecular complexity index is 335. The highest BCUT2D eigenvalue weighted by Gasteiger charge is 2.20. The molecule has 0 aliphatic rings. The number of hydrogen-bond acceptors (Lipinski definition) is 3. The second-order valence-electron chi connectivity index (χ2n) is 3.30. The van der Waals surface area contributed by atoms with E-state index >= 15 is 0 Å². The average molecular weight is 278 g/mol. The van der Waals surface area contributed by atoms with Gasteiger partial charge in [0.05, 0.1) is 6.10 Å². The minimum Gasteiger partial charge on any atom is -0.390 e. The van der Waals surface area contributed by atoms with Crippen LogP contribution in [0.15, 0.2) is 12.1 Å². The van der Waals surface area contributed by atoms with E-state index in [4.69, 9.17) is 0 Å². The van der Waals surface area contributed by atoms with Crippen molar-refractivity contribution in [2.24, 2.45) is 0 Å². The summed E-state index contributed by atoms with van der Waals surface area (Å²) in [6.07, 6.45) is -1.45. The van der Waals surface area contributed by atoms with E-state index in [1.54, 1.807) is 6.92 Å². The first kappa shape index (κ1) is 12.5. The number of aromatic nitrogens is 1. The molecular weight excluding hydrogens is 265 g/mol. The highest BCUT2D eigenvalue weighted by Crippen LogP contribution is 2.21. The van der Waals surface area contributed by atoms with Crippen molar-refractivity contribution in [1.82, 2.24) is 4.98 Å². The van der Waals surface area contributed by atoms with E-state index in [1.165, 1.54) is 12.1 Å². The number of alkyl halides is 1. The molecule has 2 atom stereocenters. The fraction of sp³-hybridized carbons (Fsp3) is 0.500. The second kappa shape index (κ2) is 5.53. The van der Waals surface area contributed by atoms with Crippen LogP contribution in [0.25, 0.3) is 0 Å². The monoisotopic (exact) mass is 277 g/mol. The van der Waals surface area contributed by atoms with Gasteiger partial charge in [0.1, 0.15) is 6.10 Å². The normalized spacial score (nSPS) is 15.0. The maximum absolute atomic E-state index is 12.7. The molecule has 1 rings (SSSR count). The predicted octanol–water partition coefficient (Wildman–Crippen LogP) is 1.71. The van der Waals surface area contributed by atoms with Gasteiger partial charge in [-0.15, -0.1) is 0 Å². The summed E-state index contributed by atoms with van der Waals surface area (Å²) in [5.41, 5.74) is 0.862. The lowest BCUT2D eigenvalue weighted by atomic mass is 10.0. The van der Waals surface area contributed by atoms with Gasteiger partial charge in [-0.3, -0.25) is 0 Å². The Hall–Kier alpha value is -0.520. The fourth-order valence-electron chi connectivity index (χ4n) is 1.33. The molecule has 1 aromatic rings. The Morgan fingerprint density at radius 3 is 2.67 bits per heavy atom. The van der Waals surface area contributed by atoms with Crippen LogP contribution in [0.5, 0.6) is 0 Å². The third-order valence-corrected chi connectivity index (χ3v) is 2.64. The van der Waals surface area contributed by atoms with Crippen LogP contribution in [0.2, 0.25) is 0 Å². The molecule has 0 aromatic carbocycles. The smallest absolute Gasteiger partial charge is 0.213 e. The zero-order chi connectivity index (χ0) is 11.4. The van der Waals surface area contributed by atoms with Crippen molar-refractivity contribution in [2.75, 3.05) is 5.33 Å². The van der Waals surface area contributed by atoms with E-state index < -0.39 is 18.2 Å². The van der Waals surface area contributed by atoms with Gasteiger partial charge in [-0.25, -0.2) is 4.98 Å². The van der Waals surface area contributed by atoms with E-state index in [1.807, 2.05) is 0 Å². The van der Waals surface area contributed by atoms with Crippen molar-refractivity contribution in [2.45, 2.75) is 25.6 Å². The zero-order valence-corrected chi connectivity index (χ0v) is 9.91. The molecular formula is C10H13BrFNO2. The number of pyridine rings is 1. The van der Waals surface area contributed by atoms with Gasteiger partial charge < -0.3 is 10.2 Å². The van der Waals surface area contributed by atoms with Crippen LogP contribution in [0.1, 0.15) is 23.8 Å². The van der Waals surface area contributed by atoms with Crippen molar-refractivity contribution in [3.05, 3.63) is 29.3 Å². The van der Waals surface area contributed by atoms with Crippen LogP contribution >= 0.6 is 15.9 Å². The van der Waals surface area contributed by atoms with Gasteiger partial charge in [0.15, 0.2) is 0 Å². The molecule has 2 N–H and O–H groups in total. The number of nitrogens with zero attached hydrogens (tertiary/aromatic N) is 1.